The molecule has 0 spiro atoms. The lowest BCUT2D eigenvalue weighted by Gasteiger charge is -2.31. The highest BCUT2D eigenvalue weighted by Gasteiger charge is 2.27. The van der Waals surface area contributed by atoms with Crippen molar-refractivity contribution in [1.29, 1.82) is 0 Å². The maximum atomic E-state index is 11.5. The first-order chi connectivity index (χ1) is 11.7. The normalized spacial score (nSPS) is 14.3. The average molecular weight is 447 g/mol. The standard InChI is InChI=1S/C15H13BrClN3O4S/c16-12-2-3-13(17)11-8-19(6-5-10(11)12)14-4-1-9(25(18,23)24)7-15(14)20(21)22/h1-4,7H,5-6,8H2,(H2,18,23,24). The van der Waals surface area contributed by atoms with E-state index in [1.807, 2.05) is 11.0 Å². The zero-order chi connectivity index (χ0) is 18.4. The monoisotopic (exact) mass is 445 g/mol. The molecule has 0 fully saturated rings. The summed E-state index contributed by atoms with van der Waals surface area (Å²) in [5.41, 5.74) is 2.00. The fourth-order valence-electron chi connectivity index (χ4n) is 2.89. The highest BCUT2D eigenvalue weighted by Crippen LogP contribution is 2.37. The number of hydrogen-bond acceptors (Lipinski definition) is 5. The topological polar surface area (TPSA) is 107 Å². The van der Waals surface area contributed by atoms with E-state index in [0.717, 1.165) is 21.7 Å². The van der Waals surface area contributed by atoms with Crippen LogP contribution in [0.3, 0.4) is 0 Å². The molecule has 0 aromatic heterocycles. The minimum atomic E-state index is -4.02. The number of benzene rings is 2. The number of nitro groups is 1. The molecule has 0 saturated carbocycles. The molecular formula is C15H13BrClN3O4S. The second-order valence-corrected chi connectivity index (χ2v) is 8.43. The number of fused-ring (bicyclic) bond motifs is 1. The van der Waals surface area contributed by atoms with Crippen LogP contribution in [-0.4, -0.2) is 19.9 Å². The van der Waals surface area contributed by atoms with E-state index in [1.54, 1.807) is 6.07 Å². The minimum Gasteiger partial charge on any atom is -0.361 e. The predicted octanol–water partition coefficient (Wildman–Crippen LogP) is 3.22. The molecule has 0 aliphatic carbocycles. The quantitative estimate of drug-likeness (QED) is 0.575. The van der Waals surface area contributed by atoms with Crippen molar-refractivity contribution in [3.63, 3.8) is 0 Å². The summed E-state index contributed by atoms with van der Waals surface area (Å²) in [6.45, 7) is 0.935. The van der Waals surface area contributed by atoms with E-state index >= 15 is 0 Å². The molecule has 132 valence electrons. The van der Waals surface area contributed by atoms with Gasteiger partial charge in [0, 0.05) is 28.7 Å². The van der Waals surface area contributed by atoms with Gasteiger partial charge in [-0.25, -0.2) is 13.6 Å². The van der Waals surface area contributed by atoms with E-state index in [2.05, 4.69) is 15.9 Å². The van der Waals surface area contributed by atoms with Crippen molar-refractivity contribution in [3.05, 3.63) is 61.1 Å². The zero-order valence-electron chi connectivity index (χ0n) is 12.8. The van der Waals surface area contributed by atoms with E-state index < -0.39 is 14.9 Å². The number of nitrogens with zero attached hydrogens (tertiary/aromatic N) is 2. The van der Waals surface area contributed by atoms with E-state index in [0.29, 0.717) is 30.2 Å². The van der Waals surface area contributed by atoms with Crippen LogP contribution in [0.25, 0.3) is 0 Å². The maximum absolute atomic E-state index is 11.5. The van der Waals surface area contributed by atoms with Gasteiger partial charge in [0.25, 0.3) is 5.69 Å². The van der Waals surface area contributed by atoms with Crippen LogP contribution >= 0.6 is 27.5 Å². The Bertz CT molecular complexity index is 981. The van der Waals surface area contributed by atoms with Crippen LogP contribution in [0.1, 0.15) is 11.1 Å². The molecule has 2 aromatic carbocycles. The molecule has 10 heteroatoms. The Hall–Kier alpha value is -1.68. The number of primary sulfonamides is 1. The van der Waals surface area contributed by atoms with Gasteiger partial charge in [-0.2, -0.15) is 0 Å². The molecule has 0 saturated heterocycles. The number of rotatable bonds is 3. The van der Waals surface area contributed by atoms with Crippen LogP contribution in [0.5, 0.6) is 0 Å². The first-order valence-electron chi connectivity index (χ1n) is 7.20. The van der Waals surface area contributed by atoms with Crippen LogP contribution in [0.15, 0.2) is 39.7 Å². The zero-order valence-corrected chi connectivity index (χ0v) is 15.9. The second kappa shape index (κ2) is 6.56. The van der Waals surface area contributed by atoms with Crippen LogP contribution in [0.2, 0.25) is 5.02 Å². The molecule has 0 atom stereocenters. The van der Waals surface area contributed by atoms with Crippen molar-refractivity contribution in [2.24, 2.45) is 5.14 Å². The number of nitrogens with two attached hydrogens (primary N) is 1. The molecule has 0 radical (unpaired) electrons. The SMILES string of the molecule is NS(=O)(=O)c1ccc(N2CCc3c(Br)ccc(Cl)c3C2)c([N+](=O)[O-])c1. The van der Waals surface area contributed by atoms with Gasteiger partial charge in [-0.3, -0.25) is 10.1 Å². The fourth-order valence-corrected chi connectivity index (χ4v) is 4.23. The lowest BCUT2D eigenvalue weighted by Crippen LogP contribution is -2.31. The van der Waals surface area contributed by atoms with Gasteiger partial charge >= 0.3 is 0 Å². The Morgan fingerprint density at radius 2 is 1.96 bits per heavy atom. The van der Waals surface area contributed by atoms with Crippen molar-refractivity contribution in [3.8, 4) is 0 Å². The molecule has 3 rings (SSSR count). The number of sulfonamides is 1. The van der Waals surface area contributed by atoms with Crippen LogP contribution in [0, 0.1) is 10.1 Å². The van der Waals surface area contributed by atoms with Crippen LogP contribution in [0.4, 0.5) is 11.4 Å². The largest absolute Gasteiger partial charge is 0.361 e. The highest BCUT2D eigenvalue weighted by molar-refractivity contribution is 9.10. The van der Waals surface area contributed by atoms with Crippen molar-refractivity contribution >= 4 is 48.9 Å². The average Bonchev–Trinajstić information content (AvgIpc) is 2.56. The Kier molecular flexibility index (Phi) is 4.76. The number of nitro benzene ring substituents is 1. The number of hydrogen-bond donors (Lipinski definition) is 1. The summed E-state index contributed by atoms with van der Waals surface area (Å²) < 4.78 is 23.9. The van der Waals surface area contributed by atoms with E-state index in [-0.39, 0.29) is 10.6 Å². The highest BCUT2D eigenvalue weighted by atomic mass is 79.9. The summed E-state index contributed by atoms with van der Waals surface area (Å²) >= 11 is 9.77. The van der Waals surface area contributed by atoms with Crippen molar-refractivity contribution in [1.82, 2.24) is 0 Å². The Morgan fingerprint density at radius 1 is 1.24 bits per heavy atom. The predicted molar refractivity (Wildman–Crippen MR) is 98.4 cm³/mol. The van der Waals surface area contributed by atoms with Gasteiger partial charge in [0.2, 0.25) is 10.0 Å². The number of anilines is 1. The molecule has 2 N–H and O–H groups in total. The molecule has 0 amide bonds. The second-order valence-electron chi connectivity index (χ2n) is 5.61. The van der Waals surface area contributed by atoms with Gasteiger partial charge in [0.15, 0.2) is 0 Å². The summed E-state index contributed by atoms with van der Waals surface area (Å²) in [6, 6.07) is 7.32. The molecular weight excluding hydrogens is 434 g/mol. The third-order valence-corrected chi connectivity index (χ3v) is 6.12. The Morgan fingerprint density at radius 3 is 2.60 bits per heavy atom. The third-order valence-electron chi connectivity index (χ3n) is 4.11. The molecule has 0 unspecified atom stereocenters. The van der Waals surface area contributed by atoms with Crippen molar-refractivity contribution in [2.45, 2.75) is 17.9 Å². The van der Waals surface area contributed by atoms with Gasteiger partial charge in [-0.1, -0.05) is 27.5 Å². The lowest BCUT2D eigenvalue weighted by atomic mass is 9.99. The van der Waals surface area contributed by atoms with Crippen molar-refractivity contribution in [2.75, 3.05) is 11.4 Å². The fraction of sp³-hybridized carbons (Fsp3) is 0.200. The van der Waals surface area contributed by atoms with E-state index in [9.17, 15) is 18.5 Å². The molecule has 0 bridgehead atoms. The third kappa shape index (κ3) is 3.50. The first-order valence-corrected chi connectivity index (χ1v) is 9.92. The van der Waals surface area contributed by atoms with Gasteiger partial charge < -0.3 is 4.90 Å². The van der Waals surface area contributed by atoms with Crippen molar-refractivity contribution < 1.29 is 13.3 Å². The molecule has 1 aliphatic heterocycles. The van der Waals surface area contributed by atoms with Gasteiger partial charge in [-0.05, 0) is 41.8 Å². The van der Waals surface area contributed by atoms with Gasteiger partial charge in [0.1, 0.15) is 5.69 Å². The first kappa shape index (κ1) is 18.1. The van der Waals surface area contributed by atoms with Crippen LogP contribution < -0.4 is 10.0 Å². The maximum Gasteiger partial charge on any atom is 0.293 e. The molecule has 1 heterocycles. The van der Waals surface area contributed by atoms with E-state index in [1.165, 1.54) is 12.1 Å². The Balaban J connectivity index is 2.06. The molecule has 7 nitrogen and oxygen atoms in total. The van der Waals surface area contributed by atoms with Crippen LogP contribution in [-0.2, 0) is 23.0 Å². The minimum absolute atomic E-state index is 0.291. The molecule has 2 aromatic rings. The Labute approximate surface area is 157 Å². The molecule has 25 heavy (non-hydrogen) atoms. The summed E-state index contributed by atoms with van der Waals surface area (Å²) in [4.78, 5) is 12.3. The number of halogens is 2. The summed E-state index contributed by atoms with van der Waals surface area (Å²) in [6.07, 6.45) is 0.657. The lowest BCUT2D eigenvalue weighted by molar-refractivity contribution is -0.384. The summed E-state index contributed by atoms with van der Waals surface area (Å²) in [5.74, 6) is 0. The summed E-state index contributed by atoms with van der Waals surface area (Å²) in [5, 5.41) is 17.1. The van der Waals surface area contributed by atoms with E-state index in [4.69, 9.17) is 16.7 Å². The smallest absolute Gasteiger partial charge is 0.293 e. The molecule has 1 aliphatic rings. The van der Waals surface area contributed by atoms with Gasteiger partial charge in [-0.15, -0.1) is 0 Å². The summed E-state index contributed by atoms with van der Waals surface area (Å²) in [7, 11) is -4.02. The van der Waals surface area contributed by atoms with Gasteiger partial charge in [0.05, 0.1) is 9.82 Å².